The summed E-state index contributed by atoms with van der Waals surface area (Å²) < 4.78 is 16.6. The maximum absolute atomic E-state index is 12.7. The van der Waals surface area contributed by atoms with E-state index in [0.29, 0.717) is 33.6 Å². The monoisotopic (exact) mass is 500 g/mol. The standard InChI is InChI=1S/C23H17ClN2O7S/c1-31-19-8-4-15(26(29)30)12-18(19)20-9-7-17(33-20)13-21-22(27)25(23(28)34-21)10-11-32-16-5-2-14(24)3-6-16/h2-9,12-13H,10-11H2,1H3/b21-13-. The summed E-state index contributed by atoms with van der Waals surface area (Å²) in [5.41, 5.74) is 0.277. The van der Waals surface area contributed by atoms with E-state index in [9.17, 15) is 19.7 Å². The predicted octanol–water partition coefficient (Wildman–Crippen LogP) is 5.63. The lowest BCUT2D eigenvalue weighted by atomic mass is 10.1. The number of hydrogen-bond acceptors (Lipinski definition) is 8. The van der Waals surface area contributed by atoms with Crippen molar-refractivity contribution in [1.82, 2.24) is 4.90 Å². The number of ether oxygens (including phenoxy) is 2. The first-order valence-corrected chi connectivity index (χ1v) is 11.1. The lowest BCUT2D eigenvalue weighted by Gasteiger charge is -2.13. The first-order valence-electron chi connectivity index (χ1n) is 9.92. The van der Waals surface area contributed by atoms with Crippen LogP contribution in [0, 0.1) is 10.1 Å². The van der Waals surface area contributed by atoms with Gasteiger partial charge in [0.25, 0.3) is 16.8 Å². The predicted molar refractivity (Wildman–Crippen MR) is 127 cm³/mol. The topological polar surface area (TPSA) is 112 Å². The number of benzene rings is 2. The van der Waals surface area contributed by atoms with Gasteiger partial charge in [-0.1, -0.05) is 11.6 Å². The van der Waals surface area contributed by atoms with Gasteiger partial charge in [-0.25, -0.2) is 0 Å². The van der Waals surface area contributed by atoms with Crippen molar-refractivity contribution in [3.63, 3.8) is 0 Å². The summed E-state index contributed by atoms with van der Waals surface area (Å²) in [7, 11) is 1.45. The quantitative estimate of drug-likeness (QED) is 0.222. The number of non-ortho nitro benzene ring substituents is 1. The lowest BCUT2D eigenvalue weighted by molar-refractivity contribution is -0.384. The minimum atomic E-state index is -0.514. The molecule has 3 aromatic rings. The molecule has 0 aliphatic carbocycles. The van der Waals surface area contributed by atoms with E-state index in [2.05, 4.69) is 0 Å². The van der Waals surface area contributed by atoms with Crippen LogP contribution in [-0.4, -0.2) is 41.2 Å². The number of halogens is 1. The average Bonchev–Trinajstić information content (AvgIpc) is 3.39. The van der Waals surface area contributed by atoms with Crippen LogP contribution in [-0.2, 0) is 4.79 Å². The molecule has 1 aliphatic heterocycles. The minimum Gasteiger partial charge on any atom is -0.496 e. The van der Waals surface area contributed by atoms with Crippen LogP contribution >= 0.6 is 23.4 Å². The third kappa shape index (κ3) is 5.08. The molecule has 0 unspecified atom stereocenters. The van der Waals surface area contributed by atoms with E-state index in [4.69, 9.17) is 25.5 Å². The summed E-state index contributed by atoms with van der Waals surface area (Å²) in [5.74, 6) is 1.15. The summed E-state index contributed by atoms with van der Waals surface area (Å²) >= 11 is 6.63. The van der Waals surface area contributed by atoms with E-state index in [1.165, 1.54) is 31.4 Å². The van der Waals surface area contributed by atoms with Gasteiger partial charge < -0.3 is 13.9 Å². The van der Waals surface area contributed by atoms with Crippen LogP contribution in [0.4, 0.5) is 10.5 Å². The number of carbonyl (C=O) groups is 2. The second-order valence-electron chi connectivity index (χ2n) is 6.98. The van der Waals surface area contributed by atoms with E-state index >= 15 is 0 Å². The van der Waals surface area contributed by atoms with Crippen molar-refractivity contribution in [2.24, 2.45) is 0 Å². The molecule has 11 heteroatoms. The second kappa shape index (κ2) is 10.0. The first kappa shape index (κ1) is 23.4. The molecule has 0 radical (unpaired) electrons. The van der Waals surface area contributed by atoms with Gasteiger partial charge in [-0.05, 0) is 54.2 Å². The van der Waals surface area contributed by atoms with Crippen molar-refractivity contribution in [3.8, 4) is 22.8 Å². The first-order chi connectivity index (χ1) is 16.4. The molecule has 4 rings (SSSR count). The summed E-state index contributed by atoms with van der Waals surface area (Å²) in [6, 6.07) is 14.1. The molecule has 1 saturated heterocycles. The van der Waals surface area contributed by atoms with Crippen LogP contribution in [0.2, 0.25) is 5.02 Å². The van der Waals surface area contributed by atoms with E-state index in [0.717, 1.165) is 16.7 Å². The normalized spacial score (nSPS) is 14.6. The number of thioether (sulfide) groups is 1. The van der Waals surface area contributed by atoms with Gasteiger partial charge in [0, 0.05) is 23.2 Å². The number of nitro benzene ring substituents is 1. The Hall–Kier alpha value is -3.76. The number of methoxy groups -OCH3 is 1. The Morgan fingerprint density at radius 1 is 1.15 bits per heavy atom. The number of amides is 2. The third-order valence-electron chi connectivity index (χ3n) is 4.83. The van der Waals surface area contributed by atoms with Crippen molar-refractivity contribution in [1.29, 1.82) is 0 Å². The number of nitro groups is 1. The van der Waals surface area contributed by atoms with Gasteiger partial charge in [0.1, 0.15) is 29.6 Å². The molecule has 1 fully saturated rings. The number of nitrogens with zero attached hydrogens (tertiary/aromatic N) is 2. The summed E-state index contributed by atoms with van der Waals surface area (Å²) in [6.07, 6.45) is 1.46. The molecule has 0 bridgehead atoms. The van der Waals surface area contributed by atoms with Crippen molar-refractivity contribution < 1.29 is 28.4 Å². The van der Waals surface area contributed by atoms with Crippen LogP contribution in [0.25, 0.3) is 17.4 Å². The molecule has 0 N–H and O–H groups in total. The van der Waals surface area contributed by atoms with Crippen LogP contribution < -0.4 is 9.47 Å². The van der Waals surface area contributed by atoms with E-state index < -0.39 is 16.1 Å². The van der Waals surface area contributed by atoms with Crippen LogP contribution in [0.5, 0.6) is 11.5 Å². The maximum atomic E-state index is 12.7. The van der Waals surface area contributed by atoms with Crippen LogP contribution in [0.1, 0.15) is 5.76 Å². The van der Waals surface area contributed by atoms with Crippen molar-refractivity contribution in [3.05, 3.63) is 80.4 Å². The van der Waals surface area contributed by atoms with Gasteiger partial charge >= 0.3 is 0 Å². The number of imide groups is 1. The largest absolute Gasteiger partial charge is 0.496 e. The summed E-state index contributed by atoms with van der Waals surface area (Å²) in [4.78, 5) is 36.9. The SMILES string of the molecule is COc1ccc([N+](=O)[O-])cc1-c1ccc(/C=C2\SC(=O)N(CCOc3ccc(Cl)cc3)C2=O)o1. The van der Waals surface area contributed by atoms with Gasteiger partial charge in [0.15, 0.2) is 0 Å². The molecule has 2 amide bonds. The average molecular weight is 501 g/mol. The van der Waals surface area contributed by atoms with E-state index in [1.54, 1.807) is 36.4 Å². The Morgan fingerprint density at radius 2 is 1.91 bits per heavy atom. The van der Waals surface area contributed by atoms with Crippen molar-refractivity contribution in [2.45, 2.75) is 0 Å². The van der Waals surface area contributed by atoms with E-state index in [1.807, 2.05) is 0 Å². The van der Waals surface area contributed by atoms with Gasteiger partial charge in [-0.3, -0.25) is 24.6 Å². The molecule has 2 heterocycles. The molecule has 9 nitrogen and oxygen atoms in total. The van der Waals surface area contributed by atoms with Crippen LogP contribution in [0.3, 0.4) is 0 Å². The maximum Gasteiger partial charge on any atom is 0.293 e. The minimum absolute atomic E-state index is 0.0823. The second-order valence-corrected chi connectivity index (χ2v) is 8.41. The molecule has 0 saturated carbocycles. The highest BCUT2D eigenvalue weighted by Crippen LogP contribution is 2.36. The van der Waals surface area contributed by atoms with Gasteiger partial charge in [0.05, 0.1) is 29.0 Å². The molecule has 174 valence electrons. The molecule has 0 atom stereocenters. The number of hydrogen-bond donors (Lipinski definition) is 0. The highest BCUT2D eigenvalue weighted by molar-refractivity contribution is 8.18. The Labute approximate surface area is 203 Å². The highest BCUT2D eigenvalue weighted by Gasteiger charge is 2.35. The summed E-state index contributed by atoms with van der Waals surface area (Å²) in [5, 5.41) is 11.3. The van der Waals surface area contributed by atoms with Gasteiger partial charge in [-0.2, -0.15) is 0 Å². The summed E-state index contributed by atoms with van der Waals surface area (Å²) in [6.45, 7) is 0.212. The highest BCUT2D eigenvalue weighted by atomic mass is 35.5. The molecule has 1 aromatic heterocycles. The van der Waals surface area contributed by atoms with E-state index in [-0.39, 0.29) is 23.7 Å². The Kier molecular flexibility index (Phi) is 6.90. The third-order valence-corrected chi connectivity index (χ3v) is 5.99. The van der Waals surface area contributed by atoms with Crippen molar-refractivity contribution in [2.75, 3.05) is 20.3 Å². The zero-order valence-electron chi connectivity index (χ0n) is 17.7. The fourth-order valence-electron chi connectivity index (χ4n) is 3.18. The molecule has 2 aromatic carbocycles. The smallest absolute Gasteiger partial charge is 0.293 e. The fourth-order valence-corrected chi connectivity index (χ4v) is 4.16. The van der Waals surface area contributed by atoms with Gasteiger partial charge in [0.2, 0.25) is 0 Å². The molecular weight excluding hydrogens is 484 g/mol. The number of rotatable bonds is 8. The Balaban J connectivity index is 1.46. The van der Waals surface area contributed by atoms with Gasteiger partial charge in [-0.15, -0.1) is 0 Å². The molecule has 0 spiro atoms. The molecule has 34 heavy (non-hydrogen) atoms. The fraction of sp³-hybridized carbons (Fsp3) is 0.130. The Bertz CT molecular complexity index is 1290. The zero-order valence-corrected chi connectivity index (χ0v) is 19.3. The molecule has 1 aliphatic rings. The molecular formula is C23H17ClN2O7S. The number of furan rings is 1. The number of carbonyl (C=O) groups excluding carboxylic acids is 2. The van der Waals surface area contributed by atoms with Crippen molar-refractivity contribution >= 4 is 46.3 Å². The zero-order chi connectivity index (χ0) is 24.2. The van der Waals surface area contributed by atoms with Crippen LogP contribution in [0.15, 0.2) is 63.9 Å². The Morgan fingerprint density at radius 3 is 2.62 bits per heavy atom. The lowest BCUT2D eigenvalue weighted by Crippen LogP contribution is -2.32.